The second-order valence-electron chi connectivity index (χ2n) is 7.96. The first kappa shape index (κ1) is 21.2. The highest BCUT2D eigenvalue weighted by Gasteiger charge is 2.49. The number of hydrogen-bond donors (Lipinski definition) is 1. The van der Waals surface area contributed by atoms with E-state index in [9.17, 15) is 9.59 Å². The topological polar surface area (TPSA) is 130 Å². The summed E-state index contributed by atoms with van der Waals surface area (Å²) in [4.78, 5) is 43.2. The summed E-state index contributed by atoms with van der Waals surface area (Å²) < 4.78 is 10.9. The minimum absolute atomic E-state index is 0.0223. The Balaban J connectivity index is 2.15. The Hall–Kier alpha value is -2.52. The fourth-order valence-electron chi connectivity index (χ4n) is 4.00. The Kier molecular flexibility index (Phi) is 6.49. The molecule has 0 amide bonds. The van der Waals surface area contributed by atoms with Crippen molar-refractivity contribution in [2.45, 2.75) is 39.5 Å². The van der Waals surface area contributed by atoms with Gasteiger partial charge in [0, 0.05) is 18.7 Å². The molecule has 1 saturated carbocycles. The van der Waals surface area contributed by atoms with Gasteiger partial charge in [-0.05, 0) is 18.8 Å². The number of fused-ring (bicyclic) bond motifs is 1. The quantitative estimate of drug-likeness (QED) is 0.533. The number of hydrogen-bond acceptors (Lipinski definition) is 9. The largest absolute Gasteiger partial charge is 0.463 e. The number of aromatic nitrogens is 3. The normalized spacial score (nSPS) is 23.4. The number of ketones is 1. The molecule has 2 aliphatic rings. The lowest BCUT2D eigenvalue weighted by atomic mass is 9.64. The Morgan fingerprint density at radius 3 is 2.62 bits per heavy atom. The molecule has 0 bridgehead atoms. The molecule has 1 aliphatic carbocycles. The van der Waals surface area contributed by atoms with E-state index in [0.717, 1.165) is 5.71 Å². The third-order valence-electron chi connectivity index (χ3n) is 5.04. The number of carbonyl (C=O) groups is 2. The predicted molar refractivity (Wildman–Crippen MR) is 105 cm³/mol. The van der Waals surface area contributed by atoms with Crippen molar-refractivity contribution in [3.8, 4) is 0 Å². The maximum Gasteiger partial charge on any atom is 0.336 e. The Labute approximate surface area is 169 Å². The first-order chi connectivity index (χ1) is 13.9. The number of Topliss-reactive ketones (excluding diaryl/α,β-unsaturated/α-hetero) is 1. The van der Waals surface area contributed by atoms with Gasteiger partial charge in [-0.25, -0.2) is 19.7 Å². The summed E-state index contributed by atoms with van der Waals surface area (Å²) in [6, 6.07) is 0. The summed E-state index contributed by atoms with van der Waals surface area (Å²) in [6.07, 6.45) is 3.76. The van der Waals surface area contributed by atoms with Gasteiger partial charge in [-0.3, -0.25) is 9.79 Å². The fourth-order valence-corrected chi connectivity index (χ4v) is 4.00. The lowest BCUT2D eigenvalue weighted by molar-refractivity contribution is -0.139. The van der Waals surface area contributed by atoms with Gasteiger partial charge in [0.1, 0.15) is 24.3 Å². The van der Waals surface area contributed by atoms with Gasteiger partial charge in [-0.1, -0.05) is 13.8 Å². The number of esters is 1. The van der Waals surface area contributed by atoms with Crippen LogP contribution in [-0.4, -0.2) is 58.8 Å². The van der Waals surface area contributed by atoms with Crippen molar-refractivity contribution in [1.82, 2.24) is 15.0 Å². The SMILES string of the molecule is CCOC(=O)C1=C(COCCN)N=C2CC(C)(C)CC(=O)C2C1c1ncncn1. The third kappa shape index (κ3) is 4.56. The average Bonchev–Trinajstić information content (AvgIpc) is 2.67. The van der Waals surface area contributed by atoms with E-state index < -0.39 is 17.8 Å². The van der Waals surface area contributed by atoms with E-state index in [1.807, 2.05) is 13.8 Å². The zero-order valence-electron chi connectivity index (χ0n) is 17.1. The minimum atomic E-state index is -0.676. The summed E-state index contributed by atoms with van der Waals surface area (Å²) >= 11 is 0. The zero-order chi connectivity index (χ0) is 21.0. The summed E-state index contributed by atoms with van der Waals surface area (Å²) in [5.41, 5.74) is 6.77. The standard InChI is InChI=1S/C20H27N5O4/c1-4-29-19(27)16-13(9-28-6-5-21)25-12-7-20(2,3)8-14(26)15(12)17(16)18-23-10-22-11-24-18/h10-11,15,17H,4-9,21H2,1-3H3. The first-order valence-electron chi connectivity index (χ1n) is 9.78. The number of rotatable bonds is 7. The number of nitrogens with zero attached hydrogens (tertiary/aromatic N) is 4. The van der Waals surface area contributed by atoms with E-state index >= 15 is 0 Å². The van der Waals surface area contributed by atoms with E-state index in [1.54, 1.807) is 6.92 Å². The van der Waals surface area contributed by atoms with Crippen LogP contribution in [0.2, 0.25) is 0 Å². The molecule has 2 unspecified atom stereocenters. The fraction of sp³-hybridized carbons (Fsp3) is 0.600. The zero-order valence-corrected chi connectivity index (χ0v) is 17.1. The van der Waals surface area contributed by atoms with Crippen molar-refractivity contribution in [2.24, 2.45) is 22.1 Å². The second kappa shape index (κ2) is 8.87. The van der Waals surface area contributed by atoms with Gasteiger partial charge in [0.05, 0.1) is 42.9 Å². The Morgan fingerprint density at radius 1 is 1.24 bits per heavy atom. The molecule has 0 spiro atoms. The number of nitrogens with two attached hydrogens (primary N) is 1. The maximum absolute atomic E-state index is 13.1. The van der Waals surface area contributed by atoms with Gasteiger partial charge < -0.3 is 15.2 Å². The van der Waals surface area contributed by atoms with Crippen LogP contribution in [0.3, 0.4) is 0 Å². The van der Waals surface area contributed by atoms with E-state index in [-0.39, 0.29) is 30.0 Å². The molecular weight excluding hydrogens is 374 g/mol. The monoisotopic (exact) mass is 401 g/mol. The smallest absolute Gasteiger partial charge is 0.336 e. The molecule has 3 rings (SSSR count). The molecule has 1 aromatic heterocycles. The van der Waals surface area contributed by atoms with Crippen LogP contribution in [0.25, 0.3) is 0 Å². The molecule has 2 heterocycles. The summed E-state index contributed by atoms with van der Waals surface area (Å²) in [7, 11) is 0. The van der Waals surface area contributed by atoms with Crippen molar-refractivity contribution in [2.75, 3.05) is 26.4 Å². The molecule has 1 aliphatic heterocycles. The van der Waals surface area contributed by atoms with Crippen molar-refractivity contribution >= 4 is 17.5 Å². The Bertz CT molecular complexity index is 835. The highest BCUT2D eigenvalue weighted by molar-refractivity contribution is 6.12. The summed E-state index contributed by atoms with van der Waals surface area (Å²) in [6.45, 7) is 6.78. The molecule has 0 radical (unpaired) electrons. The van der Waals surface area contributed by atoms with Crippen molar-refractivity contribution in [1.29, 1.82) is 0 Å². The molecule has 2 N–H and O–H groups in total. The lowest BCUT2D eigenvalue weighted by Crippen LogP contribution is -2.45. The van der Waals surface area contributed by atoms with E-state index in [1.165, 1.54) is 12.7 Å². The molecule has 0 aromatic carbocycles. The maximum atomic E-state index is 13.1. The van der Waals surface area contributed by atoms with Crippen LogP contribution >= 0.6 is 0 Å². The number of ether oxygens (including phenoxy) is 2. The molecule has 2 atom stereocenters. The van der Waals surface area contributed by atoms with Crippen LogP contribution in [0, 0.1) is 11.3 Å². The van der Waals surface area contributed by atoms with Crippen LogP contribution < -0.4 is 5.73 Å². The number of carbonyl (C=O) groups excluding carboxylic acids is 2. The second-order valence-corrected chi connectivity index (χ2v) is 7.96. The molecule has 0 saturated heterocycles. The van der Waals surface area contributed by atoms with E-state index in [4.69, 9.17) is 20.2 Å². The van der Waals surface area contributed by atoms with Crippen LogP contribution in [0.4, 0.5) is 0 Å². The molecule has 9 heteroatoms. The van der Waals surface area contributed by atoms with Crippen molar-refractivity contribution in [3.63, 3.8) is 0 Å². The van der Waals surface area contributed by atoms with Gasteiger partial charge >= 0.3 is 5.97 Å². The molecule has 9 nitrogen and oxygen atoms in total. The van der Waals surface area contributed by atoms with Crippen LogP contribution in [0.15, 0.2) is 28.9 Å². The van der Waals surface area contributed by atoms with Gasteiger partial charge in [0.2, 0.25) is 0 Å². The van der Waals surface area contributed by atoms with Crippen molar-refractivity contribution < 1.29 is 19.1 Å². The Morgan fingerprint density at radius 2 is 1.97 bits per heavy atom. The van der Waals surface area contributed by atoms with Gasteiger partial charge in [-0.15, -0.1) is 0 Å². The summed E-state index contributed by atoms with van der Waals surface area (Å²) in [5, 5.41) is 0. The minimum Gasteiger partial charge on any atom is -0.463 e. The van der Waals surface area contributed by atoms with Gasteiger partial charge in [0.15, 0.2) is 0 Å². The van der Waals surface area contributed by atoms with Gasteiger partial charge in [-0.2, -0.15) is 0 Å². The highest BCUT2D eigenvalue weighted by Crippen LogP contribution is 2.46. The predicted octanol–water partition coefficient (Wildman–Crippen LogP) is 1.21. The summed E-state index contributed by atoms with van der Waals surface area (Å²) in [5.74, 6) is -1.43. The third-order valence-corrected chi connectivity index (χ3v) is 5.04. The van der Waals surface area contributed by atoms with Crippen molar-refractivity contribution in [3.05, 3.63) is 29.7 Å². The molecule has 156 valence electrons. The molecule has 1 aromatic rings. The number of aliphatic imine (C=N–C) groups is 1. The molecule has 1 fully saturated rings. The molecule has 29 heavy (non-hydrogen) atoms. The van der Waals surface area contributed by atoms with Crippen LogP contribution in [0.1, 0.15) is 45.4 Å². The van der Waals surface area contributed by atoms with E-state index in [2.05, 4.69) is 15.0 Å². The average molecular weight is 401 g/mol. The lowest BCUT2D eigenvalue weighted by Gasteiger charge is -2.40. The van der Waals surface area contributed by atoms with Crippen LogP contribution in [-0.2, 0) is 19.1 Å². The molecular formula is C20H27N5O4. The van der Waals surface area contributed by atoms with E-state index in [0.29, 0.717) is 37.5 Å². The first-order valence-corrected chi connectivity index (χ1v) is 9.78. The van der Waals surface area contributed by atoms with Crippen LogP contribution in [0.5, 0.6) is 0 Å². The van der Waals surface area contributed by atoms with Gasteiger partial charge in [0.25, 0.3) is 0 Å². The highest BCUT2D eigenvalue weighted by atomic mass is 16.5.